The zero-order valence-electron chi connectivity index (χ0n) is 10.9. The van der Waals surface area contributed by atoms with E-state index in [-0.39, 0.29) is 17.2 Å². The number of fused-ring (bicyclic) bond motifs is 1. The van der Waals surface area contributed by atoms with Gasteiger partial charge in [-0.2, -0.15) is 0 Å². The lowest BCUT2D eigenvalue weighted by Crippen LogP contribution is -1.85. The highest BCUT2D eigenvalue weighted by atomic mass is 16.6. The van der Waals surface area contributed by atoms with Crippen LogP contribution < -0.4 is 0 Å². The SMILES string of the molecule is O=[N+]([O-])c1ccc(O)cc1.Oc1cccc2cccnc12. The molecule has 0 bridgehead atoms. The minimum Gasteiger partial charge on any atom is -0.508 e. The number of phenolic OH excluding ortho intramolecular Hbond substituents is 2. The van der Waals surface area contributed by atoms with E-state index in [0.29, 0.717) is 5.52 Å². The zero-order chi connectivity index (χ0) is 15.2. The first-order valence-electron chi connectivity index (χ1n) is 6.04. The van der Waals surface area contributed by atoms with Crippen LogP contribution in [0.5, 0.6) is 11.5 Å². The van der Waals surface area contributed by atoms with E-state index in [9.17, 15) is 15.2 Å². The topological polar surface area (TPSA) is 96.5 Å². The molecule has 0 fully saturated rings. The molecule has 6 nitrogen and oxygen atoms in total. The van der Waals surface area contributed by atoms with E-state index >= 15 is 0 Å². The minimum atomic E-state index is -0.514. The molecule has 3 rings (SSSR count). The summed E-state index contributed by atoms with van der Waals surface area (Å²) < 4.78 is 0. The fraction of sp³-hybridized carbons (Fsp3) is 0. The van der Waals surface area contributed by atoms with E-state index in [4.69, 9.17) is 5.11 Å². The van der Waals surface area contributed by atoms with Crippen molar-refractivity contribution in [2.45, 2.75) is 0 Å². The van der Waals surface area contributed by atoms with Crippen molar-refractivity contribution in [1.29, 1.82) is 0 Å². The first-order valence-corrected chi connectivity index (χ1v) is 6.04. The van der Waals surface area contributed by atoms with Crippen LogP contribution in [0.25, 0.3) is 10.9 Å². The highest BCUT2D eigenvalue weighted by molar-refractivity contribution is 5.83. The van der Waals surface area contributed by atoms with E-state index in [0.717, 1.165) is 5.39 Å². The van der Waals surface area contributed by atoms with Gasteiger partial charge < -0.3 is 10.2 Å². The number of pyridine rings is 1. The number of phenols is 2. The van der Waals surface area contributed by atoms with Gasteiger partial charge in [0, 0.05) is 23.7 Å². The van der Waals surface area contributed by atoms with Crippen LogP contribution in [0.15, 0.2) is 60.8 Å². The van der Waals surface area contributed by atoms with Crippen molar-refractivity contribution in [2.75, 3.05) is 0 Å². The van der Waals surface area contributed by atoms with Crippen LogP contribution in [0.2, 0.25) is 0 Å². The summed E-state index contributed by atoms with van der Waals surface area (Å²) >= 11 is 0. The molecule has 1 aromatic heterocycles. The van der Waals surface area contributed by atoms with E-state index in [1.807, 2.05) is 18.2 Å². The normalized spacial score (nSPS) is 9.71. The van der Waals surface area contributed by atoms with Gasteiger partial charge in [0.25, 0.3) is 5.69 Å². The van der Waals surface area contributed by atoms with Gasteiger partial charge in [0.05, 0.1) is 4.92 Å². The number of nitro benzene ring substituents is 1. The molecule has 106 valence electrons. The van der Waals surface area contributed by atoms with E-state index in [1.54, 1.807) is 18.3 Å². The van der Waals surface area contributed by atoms with Gasteiger partial charge in [0.2, 0.25) is 0 Å². The Hall–Kier alpha value is -3.15. The molecular weight excluding hydrogens is 272 g/mol. The maximum atomic E-state index is 10.0. The van der Waals surface area contributed by atoms with Crippen LogP contribution in [-0.2, 0) is 0 Å². The Bertz CT molecular complexity index is 752. The summed E-state index contributed by atoms with van der Waals surface area (Å²) in [5.41, 5.74) is 0.646. The summed E-state index contributed by atoms with van der Waals surface area (Å²) in [6, 6.07) is 14.2. The van der Waals surface area contributed by atoms with Gasteiger partial charge in [-0.1, -0.05) is 18.2 Å². The second-order valence-electron chi connectivity index (χ2n) is 4.13. The second kappa shape index (κ2) is 6.33. The number of nitro groups is 1. The van der Waals surface area contributed by atoms with Crippen molar-refractivity contribution in [3.05, 3.63) is 70.9 Å². The molecule has 0 spiro atoms. The third-order valence-corrected chi connectivity index (χ3v) is 2.67. The van der Waals surface area contributed by atoms with Crippen molar-refractivity contribution in [3.63, 3.8) is 0 Å². The molecule has 0 aliphatic heterocycles. The minimum absolute atomic E-state index is 0.0159. The summed E-state index contributed by atoms with van der Waals surface area (Å²) in [5, 5.41) is 29.0. The van der Waals surface area contributed by atoms with Crippen LogP contribution in [0.4, 0.5) is 5.69 Å². The Labute approximate surface area is 120 Å². The molecule has 0 amide bonds. The number of hydrogen-bond acceptors (Lipinski definition) is 5. The summed E-state index contributed by atoms with van der Waals surface area (Å²) in [4.78, 5) is 13.6. The van der Waals surface area contributed by atoms with E-state index in [2.05, 4.69) is 4.98 Å². The van der Waals surface area contributed by atoms with E-state index in [1.165, 1.54) is 24.3 Å². The lowest BCUT2D eigenvalue weighted by Gasteiger charge is -1.96. The molecule has 0 radical (unpaired) electrons. The number of nitrogens with zero attached hydrogens (tertiary/aromatic N) is 2. The van der Waals surface area contributed by atoms with Crippen LogP contribution in [0, 0.1) is 10.1 Å². The van der Waals surface area contributed by atoms with Crippen LogP contribution in [0.3, 0.4) is 0 Å². The Morgan fingerprint density at radius 1 is 0.952 bits per heavy atom. The molecule has 0 saturated carbocycles. The monoisotopic (exact) mass is 284 g/mol. The number of benzene rings is 2. The number of aromatic nitrogens is 1. The largest absolute Gasteiger partial charge is 0.508 e. The van der Waals surface area contributed by atoms with Gasteiger partial charge in [-0.25, -0.2) is 0 Å². The van der Waals surface area contributed by atoms with Crippen LogP contribution in [0.1, 0.15) is 0 Å². The average Bonchev–Trinajstić information content (AvgIpc) is 2.49. The third-order valence-electron chi connectivity index (χ3n) is 2.67. The molecule has 0 aliphatic rings. The van der Waals surface area contributed by atoms with E-state index < -0.39 is 4.92 Å². The average molecular weight is 284 g/mol. The molecule has 2 N–H and O–H groups in total. The van der Waals surface area contributed by atoms with Gasteiger partial charge in [-0.15, -0.1) is 0 Å². The standard InChI is InChI=1S/C9H7NO.C6H5NO3/c11-8-5-1-3-7-4-2-6-10-9(7)8;8-6-3-1-5(2-4-6)7(9)10/h1-6,11H;1-4,8H. The van der Waals surface area contributed by atoms with Gasteiger partial charge >= 0.3 is 0 Å². The van der Waals surface area contributed by atoms with Crippen molar-refractivity contribution < 1.29 is 15.1 Å². The molecule has 0 saturated heterocycles. The Kier molecular flexibility index (Phi) is 4.30. The molecule has 0 unspecified atom stereocenters. The van der Waals surface area contributed by atoms with Crippen molar-refractivity contribution >= 4 is 16.6 Å². The predicted octanol–water partition coefficient (Wildman–Crippen LogP) is 3.24. The molecule has 2 aromatic carbocycles. The maximum absolute atomic E-state index is 10.0. The van der Waals surface area contributed by atoms with Crippen molar-refractivity contribution in [1.82, 2.24) is 4.98 Å². The highest BCUT2D eigenvalue weighted by Crippen LogP contribution is 2.20. The fourth-order valence-corrected chi connectivity index (χ4v) is 1.66. The quantitative estimate of drug-likeness (QED) is 0.528. The summed E-state index contributed by atoms with van der Waals surface area (Å²) in [6.07, 6.45) is 1.67. The number of hydrogen-bond donors (Lipinski definition) is 2. The number of non-ortho nitro benzene ring substituents is 1. The number of aromatic hydroxyl groups is 2. The predicted molar refractivity (Wildman–Crippen MR) is 78.2 cm³/mol. The summed E-state index contributed by atoms with van der Waals surface area (Å²) in [7, 11) is 0. The van der Waals surface area contributed by atoms with Crippen LogP contribution >= 0.6 is 0 Å². The second-order valence-corrected chi connectivity index (χ2v) is 4.13. The van der Waals surface area contributed by atoms with Crippen molar-refractivity contribution in [3.8, 4) is 11.5 Å². The first kappa shape index (κ1) is 14.3. The van der Waals surface area contributed by atoms with Gasteiger partial charge in [-0.3, -0.25) is 15.1 Å². The molecule has 3 aromatic rings. The Morgan fingerprint density at radius 3 is 2.24 bits per heavy atom. The number of rotatable bonds is 1. The molecule has 0 atom stereocenters. The molecule has 6 heteroatoms. The maximum Gasteiger partial charge on any atom is 0.269 e. The smallest absolute Gasteiger partial charge is 0.269 e. The zero-order valence-corrected chi connectivity index (χ0v) is 10.9. The molecule has 0 aliphatic carbocycles. The van der Waals surface area contributed by atoms with Crippen molar-refractivity contribution in [2.24, 2.45) is 0 Å². The van der Waals surface area contributed by atoms with Gasteiger partial charge in [0.15, 0.2) is 0 Å². The Morgan fingerprint density at radius 2 is 1.62 bits per heavy atom. The summed E-state index contributed by atoms with van der Waals surface area (Å²) in [6.45, 7) is 0. The first-order chi connectivity index (χ1) is 10.1. The summed E-state index contributed by atoms with van der Waals surface area (Å²) in [5.74, 6) is 0.272. The lowest BCUT2D eigenvalue weighted by atomic mass is 10.2. The fourth-order valence-electron chi connectivity index (χ4n) is 1.66. The van der Waals surface area contributed by atoms with Gasteiger partial charge in [0.1, 0.15) is 17.0 Å². The number of para-hydroxylation sites is 1. The Balaban J connectivity index is 0.000000155. The third kappa shape index (κ3) is 3.66. The molecule has 1 heterocycles. The lowest BCUT2D eigenvalue weighted by molar-refractivity contribution is -0.384. The highest BCUT2D eigenvalue weighted by Gasteiger charge is 2.01. The molecule has 21 heavy (non-hydrogen) atoms. The van der Waals surface area contributed by atoms with Crippen LogP contribution in [-0.4, -0.2) is 20.1 Å². The molecular formula is C15H12N2O4. The van der Waals surface area contributed by atoms with Gasteiger partial charge in [-0.05, 0) is 24.3 Å².